The molecule has 0 aliphatic carbocycles. The van der Waals surface area contributed by atoms with E-state index in [1.807, 2.05) is 27.7 Å². The fourth-order valence-corrected chi connectivity index (χ4v) is 3.38. The highest BCUT2D eigenvalue weighted by Crippen LogP contribution is 2.13. The van der Waals surface area contributed by atoms with Crippen molar-refractivity contribution in [2.75, 3.05) is 18.9 Å². The highest BCUT2D eigenvalue weighted by molar-refractivity contribution is 5.98. The van der Waals surface area contributed by atoms with Gasteiger partial charge in [0.15, 0.2) is 0 Å². The van der Waals surface area contributed by atoms with E-state index in [1.165, 1.54) is 7.05 Å². The first-order chi connectivity index (χ1) is 17.9. The minimum atomic E-state index is -0.928. The molecule has 0 aliphatic rings. The Bertz CT molecular complexity index is 935. The number of ether oxygens (including phenoxy) is 1. The summed E-state index contributed by atoms with van der Waals surface area (Å²) in [4.78, 5) is 60.8. The van der Waals surface area contributed by atoms with Gasteiger partial charge in [-0.3, -0.25) is 14.4 Å². The molecule has 0 aliphatic heterocycles. The summed E-state index contributed by atoms with van der Waals surface area (Å²) in [5.74, 6) is -1.00. The van der Waals surface area contributed by atoms with Crippen LogP contribution in [0.25, 0.3) is 0 Å². The van der Waals surface area contributed by atoms with Crippen LogP contribution in [-0.4, -0.2) is 55.5 Å². The Hall–Kier alpha value is -3.83. The second-order valence-electron chi connectivity index (χ2n) is 9.73. The van der Waals surface area contributed by atoms with Gasteiger partial charge in [-0.1, -0.05) is 39.8 Å². The molecule has 0 fully saturated rings. The number of primary amides is 1. The maximum Gasteiger partial charge on any atom is 0.407 e. The van der Waals surface area contributed by atoms with Crippen LogP contribution >= 0.6 is 0 Å². The Kier molecular flexibility index (Phi) is 14.3. The zero-order valence-corrected chi connectivity index (χ0v) is 22.9. The largest absolute Gasteiger partial charge is 0.445 e. The van der Waals surface area contributed by atoms with Crippen LogP contribution in [-0.2, 0) is 25.7 Å². The van der Waals surface area contributed by atoms with Crippen molar-refractivity contribution in [2.24, 2.45) is 17.6 Å². The van der Waals surface area contributed by atoms with Gasteiger partial charge in [-0.2, -0.15) is 0 Å². The molecule has 0 heterocycles. The highest BCUT2D eigenvalue weighted by Gasteiger charge is 2.28. The Labute approximate surface area is 224 Å². The van der Waals surface area contributed by atoms with Gasteiger partial charge in [0.2, 0.25) is 17.7 Å². The summed E-state index contributed by atoms with van der Waals surface area (Å²) in [6.45, 7) is 7.96. The molecular formula is C26H42N6O6. The summed E-state index contributed by atoms with van der Waals surface area (Å²) in [7, 11) is 1.46. The summed E-state index contributed by atoms with van der Waals surface area (Å²) in [5, 5.41) is 13.1. The number of nitrogens with two attached hydrogens (primary N) is 1. The Balaban J connectivity index is 2.89. The number of urea groups is 1. The fourth-order valence-electron chi connectivity index (χ4n) is 3.38. The van der Waals surface area contributed by atoms with Crippen molar-refractivity contribution in [1.82, 2.24) is 21.3 Å². The van der Waals surface area contributed by atoms with Gasteiger partial charge in [-0.05, 0) is 48.8 Å². The molecule has 0 radical (unpaired) electrons. The second-order valence-corrected chi connectivity index (χ2v) is 9.73. The van der Waals surface area contributed by atoms with Crippen molar-refractivity contribution in [3.05, 3.63) is 29.8 Å². The third kappa shape index (κ3) is 12.9. The lowest BCUT2D eigenvalue weighted by Gasteiger charge is -2.25. The van der Waals surface area contributed by atoms with Crippen LogP contribution in [0.4, 0.5) is 15.3 Å². The average molecular weight is 535 g/mol. The second kappa shape index (κ2) is 16.8. The first kappa shape index (κ1) is 32.2. The van der Waals surface area contributed by atoms with Crippen LogP contribution in [0.15, 0.2) is 24.3 Å². The molecule has 12 heteroatoms. The number of hydrogen-bond donors (Lipinski definition) is 6. The zero-order valence-electron chi connectivity index (χ0n) is 22.9. The van der Waals surface area contributed by atoms with Crippen molar-refractivity contribution in [3.8, 4) is 0 Å². The first-order valence-corrected chi connectivity index (χ1v) is 12.8. The molecule has 1 unspecified atom stereocenters. The van der Waals surface area contributed by atoms with Crippen LogP contribution < -0.4 is 32.3 Å². The Morgan fingerprint density at radius 3 is 2.13 bits per heavy atom. The van der Waals surface area contributed by atoms with Gasteiger partial charge in [0.1, 0.15) is 18.7 Å². The van der Waals surface area contributed by atoms with Crippen molar-refractivity contribution >= 4 is 35.5 Å². The molecule has 1 aromatic carbocycles. The number of carbonyl (C=O) groups excluding carboxylic acids is 5. The van der Waals surface area contributed by atoms with Gasteiger partial charge in [0.05, 0.1) is 0 Å². The van der Waals surface area contributed by atoms with E-state index >= 15 is 0 Å². The smallest absolute Gasteiger partial charge is 0.407 e. The lowest BCUT2D eigenvalue weighted by Crippen LogP contribution is -2.54. The quantitative estimate of drug-likeness (QED) is 0.187. The van der Waals surface area contributed by atoms with Crippen LogP contribution in [0.3, 0.4) is 0 Å². The summed E-state index contributed by atoms with van der Waals surface area (Å²) >= 11 is 0. The van der Waals surface area contributed by atoms with E-state index in [-0.39, 0.29) is 31.4 Å². The molecule has 212 valence electrons. The van der Waals surface area contributed by atoms with E-state index < -0.39 is 36.0 Å². The molecule has 0 bridgehead atoms. The van der Waals surface area contributed by atoms with Crippen LogP contribution in [0, 0.1) is 11.8 Å². The number of anilines is 1. The standard InChI is InChI=1S/C26H42N6O6/c1-16(2)8-13-21(33)32-22(17(3)4)24(35)31-20(7-6-14-29-25(27)36)23(34)30-19-11-9-18(10-12-19)15-38-26(37)28-5/h9-12,16-17,20,22H,6-8,13-15H2,1-5H3,(H,28,37)(H,30,34)(H,31,35)(H,32,33)(H3,27,29,36)/t20-,22?/m0/s1. The number of benzene rings is 1. The molecule has 1 aromatic rings. The van der Waals surface area contributed by atoms with Gasteiger partial charge in [0.25, 0.3) is 0 Å². The van der Waals surface area contributed by atoms with Crippen molar-refractivity contribution in [3.63, 3.8) is 0 Å². The van der Waals surface area contributed by atoms with Gasteiger partial charge in [0, 0.05) is 25.7 Å². The molecule has 0 spiro atoms. The van der Waals surface area contributed by atoms with E-state index in [1.54, 1.807) is 24.3 Å². The average Bonchev–Trinajstić information content (AvgIpc) is 2.86. The van der Waals surface area contributed by atoms with E-state index in [0.717, 1.165) is 5.56 Å². The minimum absolute atomic E-state index is 0.0684. The SMILES string of the molecule is CNC(=O)OCc1ccc(NC(=O)[C@H](CCCNC(N)=O)NC(=O)C(NC(=O)CCC(C)C)C(C)C)cc1. The number of nitrogens with one attached hydrogen (secondary N) is 5. The third-order valence-electron chi connectivity index (χ3n) is 5.61. The summed E-state index contributed by atoms with van der Waals surface area (Å²) < 4.78 is 4.99. The molecule has 38 heavy (non-hydrogen) atoms. The molecule has 2 atom stereocenters. The molecule has 0 aromatic heterocycles. The van der Waals surface area contributed by atoms with Crippen LogP contribution in [0.2, 0.25) is 0 Å². The topological polar surface area (TPSA) is 181 Å². The third-order valence-corrected chi connectivity index (χ3v) is 5.61. The molecule has 0 saturated heterocycles. The van der Waals surface area contributed by atoms with Gasteiger partial charge in [-0.25, -0.2) is 9.59 Å². The number of alkyl carbamates (subject to hydrolysis) is 1. The first-order valence-electron chi connectivity index (χ1n) is 12.8. The predicted molar refractivity (Wildman–Crippen MR) is 144 cm³/mol. The normalized spacial score (nSPS) is 12.3. The monoisotopic (exact) mass is 534 g/mol. The van der Waals surface area contributed by atoms with Gasteiger partial charge in [-0.15, -0.1) is 0 Å². The van der Waals surface area contributed by atoms with Crippen LogP contribution in [0.5, 0.6) is 0 Å². The Morgan fingerprint density at radius 2 is 1.58 bits per heavy atom. The number of amides is 6. The van der Waals surface area contributed by atoms with Crippen LogP contribution in [0.1, 0.15) is 58.9 Å². The van der Waals surface area contributed by atoms with E-state index in [9.17, 15) is 24.0 Å². The van der Waals surface area contributed by atoms with E-state index in [2.05, 4.69) is 26.6 Å². The summed E-state index contributed by atoms with van der Waals surface area (Å²) in [6.07, 6.45) is 1.06. The minimum Gasteiger partial charge on any atom is -0.445 e. The zero-order chi connectivity index (χ0) is 28.7. The lowest BCUT2D eigenvalue weighted by atomic mass is 10.0. The van der Waals surface area contributed by atoms with Crippen molar-refractivity contribution in [2.45, 2.75) is 72.1 Å². The number of rotatable bonds is 15. The molecule has 1 rings (SSSR count). The predicted octanol–water partition coefficient (Wildman–Crippen LogP) is 1.99. The lowest BCUT2D eigenvalue weighted by molar-refractivity contribution is -0.132. The van der Waals surface area contributed by atoms with E-state index in [0.29, 0.717) is 30.9 Å². The maximum absolute atomic E-state index is 13.1. The molecular weight excluding hydrogens is 492 g/mol. The molecule has 0 saturated carbocycles. The maximum atomic E-state index is 13.1. The van der Waals surface area contributed by atoms with Gasteiger partial charge >= 0.3 is 12.1 Å². The fraction of sp³-hybridized carbons (Fsp3) is 0.577. The number of carbonyl (C=O) groups is 5. The summed E-state index contributed by atoms with van der Waals surface area (Å²) in [5.41, 5.74) is 6.31. The van der Waals surface area contributed by atoms with Crippen molar-refractivity contribution < 1.29 is 28.7 Å². The summed E-state index contributed by atoms with van der Waals surface area (Å²) in [6, 6.07) is 4.28. The van der Waals surface area contributed by atoms with Gasteiger partial charge < -0.3 is 37.1 Å². The Morgan fingerprint density at radius 1 is 0.921 bits per heavy atom. The molecule has 12 nitrogen and oxygen atoms in total. The van der Waals surface area contributed by atoms with E-state index in [4.69, 9.17) is 10.5 Å². The van der Waals surface area contributed by atoms with Crippen molar-refractivity contribution in [1.29, 1.82) is 0 Å². The highest BCUT2D eigenvalue weighted by atomic mass is 16.5. The number of hydrogen-bond acceptors (Lipinski definition) is 6. The molecule has 6 amide bonds. The molecule has 7 N–H and O–H groups in total.